The first-order valence-corrected chi connectivity index (χ1v) is 7.32. The number of hydrogen-bond donors (Lipinski definition) is 1. The Bertz CT molecular complexity index is 576. The van der Waals surface area contributed by atoms with E-state index in [0.717, 1.165) is 28.0 Å². The van der Waals surface area contributed by atoms with Crippen molar-refractivity contribution in [3.8, 4) is 11.4 Å². The summed E-state index contributed by atoms with van der Waals surface area (Å²) in [6, 6.07) is 6.93. The SMILES string of the molecule is Cc1ccc(-c2ncc(CNC3CC3)cn2)c(Br)c1. The van der Waals surface area contributed by atoms with Gasteiger partial charge in [0.15, 0.2) is 5.82 Å². The molecule has 1 N–H and O–H groups in total. The average Bonchev–Trinajstić information content (AvgIpc) is 3.21. The van der Waals surface area contributed by atoms with Crippen molar-refractivity contribution in [2.75, 3.05) is 0 Å². The Kier molecular flexibility index (Phi) is 3.62. The highest BCUT2D eigenvalue weighted by Crippen LogP contribution is 2.26. The van der Waals surface area contributed by atoms with Gasteiger partial charge in [-0.15, -0.1) is 0 Å². The minimum Gasteiger partial charge on any atom is -0.310 e. The van der Waals surface area contributed by atoms with Gasteiger partial charge in [0.2, 0.25) is 0 Å². The molecule has 0 spiro atoms. The molecule has 1 aliphatic rings. The second-order valence-electron chi connectivity index (χ2n) is 5.05. The average molecular weight is 318 g/mol. The number of hydrogen-bond acceptors (Lipinski definition) is 3. The van der Waals surface area contributed by atoms with E-state index in [9.17, 15) is 0 Å². The molecule has 1 saturated carbocycles. The number of nitrogens with zero attached hydrogens (tertiary/aromatic N) is 2. The quantitative estimate of drug-likeness (QED) is 0.938. The van der Waals surface area contributed by atoms with Gasteiger partial charge in [0, 0.05) is 40.6 Å². The van der Waals surface area contributed by atoms with Crippen LogP contribution in [0.2, 0.25) is 0 Å². The molecule has 19 heavy (non-hydrogen) atoms. The van der Waals surface area contributed by atoms with Crippen molar-refractivity contribution >= 4 is 15.9 Å². The minimum absolute atomic E-state index is 0.714. The number of rotatable bonds is 4. The van der Waals surface area contributed by atoms with Gasteiger partial charge in [-0.05, 0) is 37.5 Å². The van der Waals surface area contributed by atoms with Gasteiger partial charge in [0.1, 0.15) is 0 Å². The Balaban J connectivity index is 1.76. The summed E-state index contributed by atoms with van der Waals surface area (Å²) in [4.78, 5) is 8.91. The third kappa shape index (κ3) is 3.19. The molecule has 0 bridgehead atoms. The van der Waals surface area contributed by atoms with Crippen molar-refractivity contribution in [1.29, 1.82) is 0 Å². The van der Waals surface area contributed by atoms with Crippen LogP contribution in [-0.2, 0) is 6.54 Å². The standard InChI is InChI=1S/C15H16BrN3/c1-10-2-5-13(14(16)6-10)15-18-8-11(9-19-15)7-17-12-3-4-12/h2,5-6,8-9,12,17H,3-4,7H2,1H3. The van der Waals surface area contributed by atoms with E-state index in [1.807, 2.05) is 12.4 Å². The summed E-state index contributed by atoms with van der Waals surface area (Å²) in [7, 11) is 0. The zero-order valence-electron chi connectivity index (χ0n) is 10.9. The van der Waals surface area contributed by atoms with Gasteiger partial charge in [-0.1, -0.05) is 22.0 Å². The first-order chi connectivity index (χ1) is 9.22. The van der Waals surface area contributed by atoms with Crippen LogP contribution in [0.3, 0.4) is 0 Å². The van der Waals surface area contributed by atoms with Crippen molar-refractivity contribution < 1.29 is 0 Å². The Hall–Kier alpha value is -1.26. The highest BCUT2D eigenvalue weighted by Gasteiger charge is 2.20. The van der Waals surface area contributed by atoms with Crippen LogP contribution in [-0.4, -0.2) is 16.0 Å². The maximum absolute atomic E-state index is 4.46. The molecule has 2 aromatic rings. The molecule has 1 aromatic heterocycles. The minimum atomic E-state index is 0.714. The van der Waals surface area contributed by atoms with Gasteiger partial charge in [0.25, 0.3) is 0 Å². The Morgan fingerprint density at radius 3 is 2.63 bits per heavy atom. The summed E-state index contributed by atoms with van der Waals surface area (Å²) in [5, 5.41) is 3.46. The van der Waals surface area contributed by atoms with Crippen LogP contribution >= 0.6 is 15.9 Å². The lowest BCUT2D eigenvalue weighted by molar-refractivity contribution is 0.683. The molecular weight excluding hydrogens is 302 g/mol. The first kappa shape index (κ1) is 12.8. The molecule has 3 rings (SSSR count). The molecule has 0 unspecified atom stereocenters. The van der Waals surface area contributed by atoms with Crippen molar-refractivity contribution in [2.24, 2.45) is 0 Å². The maximum Gasteiger partial charge on any atom is 0.160 e. The molecular formula is C15H16BrN3. The molecule has 1 aromatic carbocycles. The van der Waals surface area contributed by atoms with Crippen LogP contribution in [0.5, 0.6) is 0 Å². The van der Waals surface area contributed by atoms with Crippen LogP contribution in [0.1, 0.15) is 24.0 Å². The highest BCUT2D eigenvalue weighted by molar-refractivity contribution is 9.10. The molecule has 0 atom stereocenters. The lowest BCUT2D eigenvalue weighted by atomic mass is 10.1. The third-order valence-corrected chi connectivity index (χ3v) is 3.90. The molecule has 0 saturated heterocycles. The molecule has 0 aliphatic heterocycles. The van der Waals surface area contributed by atoms with Gasteiger partial charge in [-0.25, -0.2) is 9.97 Å². The number of aryl methyl sites for hydroxylation is 1. The summed E-state index contributed by atoms with van der Waals surface area (Å²) in [6.45, 7) is 2.93. The predicted molar refractivity (Wildman–Crippen MR) is 79.8 cm³/mol. The Labute approximate surface area is 121 Å². The van der Waals surface area contributed by atoms with E-state index in [2.05, 4.69) is 56.3 Å². The zero-order chi connectivity index (χ0) is 13.2. The number of nitrogens with one attached hydrogen (secondary N) is 1. The molecule has 1 aliphatic carbocycles. The van der Waals surface area contributed by atoms with E-state index in [4.69, 9.17) is 0 Å². The van der Waals surface area contributed by atoms with Crippen molar-refractivity contribution in [3.63, 3.8) is 0 Å². The summed E-state index contributed by atoms with van der Waals surface area (Å²) >= 11 is 3.57. The molecule has 1 fully saturated rings. The van der Waals surface area contributed by atoms with Gasteiger partial charge in [-0.2, -0.15) is 0 Å². The van der Waals surface area contributed by atoms with Gasteiger partial charge < -0.3 is 5.32 Å². The summed E-state index contributed by atoms with van der Waals surface area (Å²) in [6.07, 6.45) is 6.42. The molecule has 98 valence electrons. The van der Waals surface area contributed by atoms with Crippen LogP contribution < -0.4 is 5.32 Å². The fourth-order valence-electron chi connectivity index (χ4n) is 1.94. The Morgan fingerprint density at radius 2 is 2.00 bits per heavy atom. The number of benzene rings is 1. The van der Waals surface area contributed by atoms with E-state index in [-0.39, 0.29) is 0 Å². The molecule has 4 heteroatoms. The van der Waals surface area contributed by atoms with E-state index in [1.165, 1.54) is 18.4 Å². The van der Waals surface area contributed by atoms with Gasteiger partial charge >= 0.3 is 0 Å². The summed E-state index contributed by atoms with van der Waals surface area (Å²) in [5.74, 6) is 0.766. The van der Waals surface area contributed by atoms with Crippen LogP contribution in [0.15, 0.2) is 35.1 Å². The smallest absolute Gasteiger partial charge is 0.160 e. The lowest BCUT2D eigenvalue weighted by Crippen LogP contribution is -2.15. The zero-order valence-corrected chi connectivity index (χ0v) is 12.4. The van der Waals surface area contributed by atoms with E-state index < -0.39 is 0 Å². The Morgan fingerprint density at radius 1 is 1.26 bits per heavy atom. The fourth-order valence-corrected chi connectivity index (χ4v) is 2.61. The topological polar surface area (TPSA) is 37.8 Å². The largest absolute Gasteiger partial charge is 0.310 e. The third-order valence-electron chi connectivity index (χ3n) is 3.24. The van der Waals surface area contributed by atoms with E-state index in [1.54, 1.807) is 0 Å². The van der Waals surface area contributed by atoms with Gasteiger partial charge in [0.05, 0.1) is 0 Å². The normalized spacial score (nSPS) is 14.6. The number of halogens is 1. The molecule has 1 heterocycles. The van der Waals surface area contributed by atoms with Crippen molar-refractivity contribution in [3.05, 3.63) is 46.2 Å². The van der Waals surface area contributed by atoms with Crippen LogP contribution in [0.25, 0.3) is 11.4 Å². The maximum atomic E-state index is 4.46. The predicted octanol–water partition coefficient (Wildman–Crippen LogP) is 3.47. The molecule has 0 radical (unpaired) electrons. The van der Waals surface area contributed by atoms with Crippen LogP contribution in [0.4, 0.5) is 0 Å². The second kappa shape index (κ2) is 5.39. The lowest BCUT2D eigenvalue weighted by Gasteiger charge is -2.06. The van der Waals surface area contributed by atoms with Crippen molar-refractivity contribution in [1.82, 2.24) is 15.3 Å². The molecule has 3 nitrogen and oxygen atoms in total. The number of aromatic nitrogens is 2. The van der Waals surface area contributed by atoms with Gasteiger partial charge in [-0.3, -0.25) is 0 Å². The summed E-state index contributed by atoms with van der Waals surface area (Å²) in [5.41, 5.74) is 3.40. The molecule has 0 amide bonds. The summed E-state index contributed by atoms with van der Waals surface area (Å²) < 4.78 is 1.04. The van der Waals surface area contributed by atoms with E-state index in [0.29, 0.717) is 6.04 Å². The highest BCUT2D eigenvalue weighted by atomic mass is 79.9. The van der Waals surface area contributed by atoms with Crippen molar-refractivity contribution in [2.45, 2.75) is 32.4 Å². The monoisotopic (exact) mass is 317 g/mol. The fraction of sp³-hybridized carbons (Fsp3) is 0.333. The van der Waals surface area contributed by atoms with Crippen LogP contribution in [0, 0.1) is 6.92 Å². The second-order valence-corrected chi connectivity index (χ2v) is 5.91. The first-order valence-electron chi connectivity index (χ1n) is 6.53. The van der Waals surface area contributed by atoms with E-state index >= 15 is 0 Å².